The topological polar surface area (TPSA) is 112 Å². The number of sulfone groups is 1. The molecule has 2 saturated heterocycles. The van der Waals surface area contributed by atoms with Crippen LogP contribution in [-0.4, -0.2) is 77.9 Å². The van der Waals surface area contributed by atoms with E-state index in [1.54, 1.807) is 24.1 Å². The first-order valence-corrected chi connectivity index (χ1v) is 14.8. The molecule has 2 aromatic heterocycles. The van der Waals surface area contributed by atoms with Crippen molar-refractivity contribution in [3.05, 3.63) is 42.7 Å². The van der Waals surface area contributed by atoms with Gasteiger partial charge in [-0.3, -0.25) is 0 Å². The molecule has 38 heavy (non-hydrogen) atoms. The van der Waals surface area contributed by atoms with Crippen molar-refractivity contribution in [1.82, 2.24) is 15.0 Å². The number of nitrogens with zero attached hydrogens (tertiary/aromatic N) is 5. The number of aromatic nitrogens is 3. The number of aliphatic hydroxyl groups excluding tert-OH is 1. The molecule has 9 nitrogen and oxygen atoms in total. The highest BCUT2D eigenvalue weighted by Gasteiger charge is 2.42. The van der Waals surface area contributed by atoms with E-state index in [9.17, 15) is 17.9 Å². The van der Waals surface area contributed by atoms with Gasteiger partial charge in [-0.1, -0.05) is 32.9 Å². The van der Waals surface area contributed by atoms with Gasteiger partial charge in [-0.15, -0.1) is 0 Å². The minimum absolute atomic E-state index is 0.0329. The molecule has 0 radical (unpaired) electrons. The molecule has 0 spiro atoms. The van der Waals surface area contributed by atoms with Crippen LogP contribution in [0.1, 0.15) is 27.7 Å². The molecule has 2 aliphatic rings. The Kier molecular flexibility index (Phi) is 6.93. The van der Waals surface area contributed by atoms with Crippen LogP contribution >= 0.6 is 0 Å². The predicted octanol–water partition coefficient (Wildman–Crippen LogP) is 3.57. The van der Waals surface area contributed by atoms with Crippen molar-refractivity contribution < 1.29 is 17.9 Å². The van der Waals surface area contributed by atoms with E-state index in [1.807, 2.05) is 44.3 Å². The van der Waals surface area contributed by atoms with Crippen LogP contribution < -0.4 is 15.1 Å². The largest absolute Gasteiger partial charge is 0.389 e. The van der Waals surface area contributed by atoms with E-state index in [4.69, 9.17) is 0 Å². The number of piperidine rings is 1. The summed E-state index contributed by atoms with van der Waals surface area (Å²) in [4.78, 5) is 17.5. The SMILES string of the molecule is CCS(=O)(=O)C[C@H]1CN(c2cccc3cc(Nc4ccnc(N5C[C@@H](F)[C@@H](O)C(C)(C)C5)n4)ncc23)[C@@H]1C. The van der Waals surface area contributed by atoms with Crippen molar-refractivity contribution in [3.63, 3.8) is 0 Å². The van der Waals surface area contributed by atoms with Gasteiger partial charge in [0.1, 0.15) is 27.6 Å². The summed E-state index contributed by atoms with van der Waals surface area (Å²) in [5, 5.41) is 15.4. The molecule has 0 amide bonds. The number of hydrogen-bond acceptors (Lipinski definition) is 9. The van der Waals surface area contributed by atoms with E-state index >= 15 is 0 Å². The third kappa shape index (κ3) is 5.13. The lowest BCUT2D eigenvalue weighted by atomic mass is 9.80. The zero-order chi connectivity index (χ0) is 27.2. The molecule has 204 valence electrons. The van der Waals surface area contributed by atoms with Crippen LogP contribution in [-0.2, 0) is 9.84 Å². The maximum atomic E-state index is 14.5. The summed E-state index contributed by atoms with van der Waals surface area (Å²) in [7, 11) is -3.01. The number of hydrogen-bond donors (Lipinski definition) is 2. The van der Waals surface area contributed by atoms with Crippen molar-refractivity contribution in [2.45, 2.75) is 46.0 Å². The molecule has 2 N–H and O–H groups in total. The highest BCUT2D eigenvalue weighted by atomic mass is 32.2. The summed E-state index contributed by atoms with van der Waals surface area (Å²) in [6.07, 6.45) is 1.03. The van der Waals surface area contributed by atoms with E-state index in [2.05, 4.69) is 32.1 Å². The number of anilines is 4. The quantitative estimate of drug-likeness (QED) is 0.463. The first-order chi connectivity index (χ1) is 18.0. The van der Waals surface area contributed by atoms with Gasteiger partial charge in [0.25, 0.3) is 0 Å². The van der Waals surface area contributed by atoms with Gasteiger partial charge in [0, 0.05) is 59.7 Å². The molecule has 3 aromatic rings. The fourth-order valence-corrected chi connectivity index (χ4v) is 6.69. The summed E-state index contributed by atoms with van der Waals surface area (Å²) in [5.74, 6) is 2.06. The van der Waals surface area contributed by atoms with Crippen LogP contribution in [0.15, 0.2) is 42.7 Å². The normalized spacial score (nSPS) is 25.3. The molecular formula is C27H35FN6O3S. The number of pyridine rings is 1. The summed E-state index contributed by atoms with van der Waals surface area (Å²) >= 11 is 0. The maximum absolute atomic E-state index is 14.5. The highest BCUT2D eigenvalue weighted by Crippen LogP contribution is 2.37. The molecule has 0 aliphatic carbocycles. The zero-order valence-electron chi connectivity index (χ0n) is 22.2. The van der Waals surface area contributed by atoms with Gasteiger partial charge in [0.15, 0.2) is 0 Å². The molecule has 2 aliphatic heterocycles. The number of fused-ring (bicyclic) bond motifs is 1. The third-order valence-corrected chi connectivity index (χ3v) is 9.70. The molecule has 2 fully saturated rings. The summed E-state index contributed by atoms with van der Waals surface area (Å²) in [6, 6.07) is 9.86. The minimum Gasteiger partial charge on any atom is -0.389 e. The molecular weight excluding hydrogens is 507 g/mol. The molecule has 0 bridgehead atoms. The molecule has 5 rings (SSSR count). The van der Waals surface area contributed by atoms with Gasteiger partial charge in [0.05, 0.1) is 18.4 Å². The van der Waals surface area contributed by atoms with Gasteiger partial charge in [-0.05, 0) is 30.5 Å². The first-order valence-electron chi connectivity index (χ1n) is 13.0. The molecule has 0 unspecified atom stereocenters. The molecule has 11 heteroatoms. The average Bonchev–Trinajstić information content (AvgIpc) is 2.88. The lowest BCUT2D eigenvalue weighted by Crippen LogP contribution is -2.57. The van der Waals surface area contributed by atoms with Crippen molar-refractivity contribution >= 4 is 43.9 Å². The number of benzene rings is 1. The Balaban J connectivity index is 1.32. The highest BCUT2D eigenvalue weighted by molar-refractivity contribution is 7.91. The number of nitrogens with one attached hydrogen (secondary N) is 1. The average molecular weight is 543 g/mol. The van der Waals surface area contributed by atoms with Crippen LogP contribution in [0.2, 0.25) is 0 Å². The van der Waals surface area contributed by atoms with Crippen LogP contribution in [0.25, 0.3) is 10.8 Å². The summed E-state index contributed by atoms with van der Waals surface area (Å²) < 4.78 is 38.6. The molecule has 0 saturated carbocycles. The number of rotatable bonds is 7. The van der Waals surface area contributed by atoms with Crippen LogP contribution in [0.3, 0.4) is 0 Å². The van der Waals surface area contributed by atoms with E-state index in [0.29, 0.717) is 30.7 Å². The fourth-order valence-electron chi connectivity index (χ4n) is 5.42. The minimum atomic E-state index is -3.01. The predicted molar refractivity (Wildman–Crippen MR) is 149 cm³/mol. The number of halogens is 1. The Morgan fingerprint density at radius 3 is 2.68 bits per heavy atom. The number of alkyl halides is 1. The standard InChI is InChI=1S/C27H35FN6O3S/c1-5-38(36,37)15-19-13-34(17(19)2)22-8-6-7-18-11-24(30-12-20(18)22)31-23-9-10-29-26(32-23)33-14-21(28)25(35)27(3,4)16-33/h6-12,17,19,21,25,35H,5,13-16H2,1-4H3,(H,29,30,31,32)/t17-,19-,21-,25-/m1/s1. The number of aliphatic hydroxyl groups is 1. The van der Waals surface area contributed by atoms with Crippen molar-refractivity contribution in [3.8, 4) is 0 Å². The first kappa shape index (κ1) is 26.6. The lowest BCUT2D eigenvalue weighted by molar-refractivity contribution is -0.0257. The molecule has 4 heterocycles. The third-order valence-electron chi connectivity index (χ3n) is 7.88. The monoisotopic (exact) mass is 542 g/mol. The molecule has 1 aromatic carbocycles. The lowest BCUT2D eigenvalue weighted by Gasteiger charge is -2.48. The molecule has 4 atom stereocenters. The van der Waals surface area contributed by atoms with E-state index in [1.165, 1.54) is 0 Å². The Hall–Kier alpha value is -3.05. The maximum Gasteiger partial charge on any atom is 0.227 e. The second-order valence-corrected chi connectivity index (χ2v) is 13.5. The van der Waals surface area contributed by atoms with E-state index < -0.39 is 27.5 Å². The van der Waals surface area contributed by atoms with Gasteiger partial charge >= 0.3 is 0 Å². The van der Waals surface area contributed by atoms with Crippen LogP contribution in [0.5, 0.6) is 0 Å². The summed E-state index contributed by atoms with van der Waals surface area (Å²) in [6.45, 7) is 8.61. The second-order valence-electron chi connectivity index (χ2n) is 11.1. The van der Waals surface area contributed by atoms with Gasteiger partial charge in [-0.2, -0.15) is 4.98 Å². The smallest absolute Gasteiger partial charge is 0.227 e. The van der Waals surface area contributed by atoms with Gasteiger partial charge in [-0.25, -0.2) is 22.8 Å². The zero-order valence-corrected chi connectivity index (χ0v) is 23.0. The fraction of sp³-hybridized carbons (Fsp3) is 0.519. The Labute approximate surface area is 223 Å². The van der Waals surface area contributed by atoms with Crippen molar-refractivity contribution in [2.24, 2.45) is 11.3 Å². The summed E-state index contributed by atoms with van der Waals surface area (Å²) in [5.41, 5.74) is 0.416. The van der Waals surface area contributed by atoms with Gasteiger partial charge < -0.3 is 20.2 Å². The Bertz CT molecular complexity index is 1440. The Morgan fingerprint density at radius 1 is 1.18 bits per heavy atom. The van der Waals surface area contributed by atoms with E-state index in [-0.39, 0.29) is 30.0 Å². The van der Waals surface area contributed by atoms with Crippen molar-refractivity contribution in [1.29, 1.82) is 0 Å². The van der Waals surface area contributed by atoms with E-state index in [0.717, 1.165) is 16.5 Å². The van der Waals surface area contributed by atoms with Crippen LogP contribution in [0.4, 0.5) is 27.7 Å². The second kappa shape index (κ2) is 9.92. The van der Waals surface area contributed by atoms with Crippen LogP contribution in [0, 0.1) is 11.3 Å². The Morgan fingerprint density at radius 2 is 1.97 bits per heavy atom. The van der Waals surface area contributed by atoms with Crippen molar-refractivity contribution in [2.75, 3.05) is 46.3 Å². The van der Waals surface area contributed by atoms with Gasteiger partial charge in [0.2, 0.25) is 5.95 Å².